The fraction of sp³-hybridized carbons (Fsp3) is 1.00. The fourth-order valence-corrected chi connectivity index (χ4v) is 2.45. The highest BCUT2D eigenvalue weighted by Gasteiger charge is 2.37. The molecule has 0 aromatic carbocycles. The minimum atomic E-state index is -0.260. The number of nitrogens with two attached hydrogens (primary N) is 1. The third-order valence-electron chi connectivity index (χ3n) is 3.20. The van der Waals surface area contributed by atoms with Gasteiger partial charge in [0.2, 0.25) is 0 Å². The fourth-order valence-electron chi connectivity index (χ4n) is 1.99. The second kappa shape index (κ2) is 5.95. The van der Waals surface area contributed by atoms with Crippen LogP contribution in [0.3, 0.4) is 0 Å². The zero-order chi connectivity index (χ0) is 10.4. The van der Waals surface area contributed by atoms with Crippen LogP contribution in [0.1, 0.15) is 19.3 Å². The SMILES string of the molecule is CSCCC(O)C1(CN)CCOCC1. The molecule has 0 saturated carbocycles. The summed E-state index contributed by atoms with van der Waals surface area (Å²) in [4.78, 5) is 0. The molecule has 0 aromatic heterocycles. The van der Waals surface area contributed by atoms with Crippen molar-refractivity contribution in [1.29, 1.82) is 0 Å². The number of aliphatic hydroxyl groups is 1. The zero-order valence-electron chi connectivity index (χ0n) is 8.87. The molecule has 1 heterocycles. The summed E-state index contributed by atoms with van der Waals surface area (Å²) >= 11 is 1.77. The van der Waals surface area contributed by atoms with Gasteiger partial charge >= 0.3 is 0 Å². The molecule has 1 saturated heterocycles. The molecule has 84 valence electrons. The van der Waals surface area contributed by atoms with Crippen LogP contribution in [0.2, 0.25) is 0 Å². The van der Waals surface area contributed by atoms with Gasteiger partial charge in [-0.05, 0) is 31.3 Å². The Labute approximate surface area is 90.4 Å². The van der Waals surface area contributed by atoms with Gasteiger partial charge in [-0.3, -0.25) is 0 Å². The quantitative estimate of drug-likeness (QED) is 0.720. The van der Waals surface area contributed by atoms with Gasteiger partial charge in [-0.25, -0.2) is 0 Å². The Morgan fingerprint density at radius 1 is 1.50 bits per heavy atom. The molecule has 0 radical (unpaired) electrons. The van der Waals surface area contributed by atoms with Gasteiger partial charge in [-0.15, -0.1) is 0 Å². The Morgan fingerprint density at radius 3 is 2.64 bits per heavy atom. The molecule has 0 spiro atoms. The molecule has 4 heteroatoms. The van der Waals surface area contributed by atoms with Gasteiger partial charge in [-0.2, -0.15) is 11.8 Å². The zero-order valence-corrected chi connectivity index (χ0v) is 9.68. The smallest absolute Gasteiger partial charge is 0.0618 e. The van der Waals surface area contributed by atoms with E-state index in [0.29, 0.717) is 6.54 Å². The summed E-state index contributed by atoms with van der Waals surface area (Å²) in [5, 5.41) is 10.1. The van der Waals surface area contributed by atoms with Crippen molar-refractivity contribution in [3.8, 4) is 0 Å². The highest BCUT2D eigenvalue weighted by atomic mass is 32.2. The highest BCUT2D eigenvalue weighted by Crippen LogP contribution is 2.34. The van der Waals surface area contributed by atoms with Crippen molar-refractivity contribution < 1.29 is 9.84 Å². The van der Waals surface area contributed by atoms with Crippen molar-refractivity contribution in [3.05, 3.63) is 0 Å². The Hall–Kier alpha value is 0.230. The van der Waals surface area contributed by atoms with E-state index in [2.05, 4.69) is 6.26 Å². The van der Waals surface area contributed by atoms with Crippen LogP contribution in [-0.2, 0) is 4.74 Å². The van der Waals surface area contributed by atoms with Crippen LogP contribution in [0.25, 0.3) is 0 Å². The normalized spacial score (nSPS) is 23.4. The molecular weight excluding hydrogens is 198 g/mol. The lowest BCUT2D eigenvalue weighted by Crippen LogP contribution is -2.46. The van der Waals surface area contributed by atoms with E-state index in [0.717, 1.165) is 38.2 Å². The lowest BCUT2D eigenvalue weighted by atomic mass is 9.74. The molecule has 3 N–H and O–H groups in total. The third-order valence-corrected chi connectivity index (χ3v) is 3.84. The van der Waals surface area contributed by atoms with Crippen LogP contribution in [0.4, 0.5) is 0 Å². The lowest BCUT2D eigenvalue weighted by molar-refractivity contribution is -0.0569. The third kappa shape index (κ3) is 2.86. The summed E-state index contributed by atoms with van der Waals surface area (Å²) in [7, 11) is 0. The predicted octanol–water partition coefficient (Wildman–Crippen LogP) is 0.856. The minimum Gasteiger partial charge on any atom is -0.392 e. The van der Waals surface area contributed by atoms with Crippen LogP contribution < -0.4 is 5.73 Å². The van der Waals surface area contributed by atoms with E-state index in [-0.39, 0.29) is 11.5 Å². The van der Waals surface area contributed by atoms with Crippen LogP contribution in [0.5, 0.6) is 0 Å². The van der Waals surface area contributed by atoms with Gasteiger partial charge in [0, 0.05) is 25.2 Å². The second-order valence-corrected chi connectivity index (χ2v) is 4.96. The van der Waals surface area contributed by atoms with E-state index in [4.69, 9.17) is 10.5 Å². The predicted molar refractivity (Wildman–Crippen MR) is 60.5 cm³/mol. The number of hydrogen-bond donors (Lipinski definition) is 2. The van der Waals surface area contributed by atoms with E-state index in [1.165, 1.54) is 0 Å². The Kier molecular flexibility index (Phi) is 5.23. The first kappa shape index (κ1) is 12.3. The number of thioether (sulfide) groups is 1. The van der Waals surface area contributed by atoms with E-state index in [1.807, 2.05) is 0 Å². The lowest BCUT2D eigenvalue weighted by Gasteiger charge is -2.40. The first-order valence-electron chi connectivity index (χ1n) is 5.20. The van der Waals surface area contributed by atoms with Gasteiger partial charge in [0.15, 0.2) is 0 Å². The van der Waals surface area contributed by atoms with Crippen molar-refractivity contribution in [3.63, 3.8) is 0 Å². The largest absolute Gasteiger partial charge is 0.392 e. The van der Waals surface area contributed by atoms with Crippen molar-refractivity contribution in [2.24, 2.45) is 11.1 Å². The number of ether oxygens (including phenoxy) is 1. The van der Waals surface area contributed by atoms with Gasteiger partial charge in [-0.1, -0.05) is 0 Å². The molecule has 1 aliphatic heterocycles. The highest BCUT2D eigenvalue weighted by molar-refractivity contribution is 7.98. The van der Waals surface area contributed by atoms with Crippen molar-refractivity contribution in [2.75, 3.05) is 31.8 Å². The maximum Gasteiger partial charge on any atom is 0.0618 e. The first-order valence-corrected chi connectivity index (χ1v) is 6.59. The summed E-state index contributed by atoms with van der Waals surface area (Å²) < 4.78 is 5.31. The molecule has 1 rings (SSSR count). The van der Waals surface area contributed by atoms with Crippen LogP contribution in [-0.4, -0.2) is 43.0 Å². The summed E-state index contributed by atoms with van der Waals surface area (Å²) in [5.74, 6) is 1.00. The van der Waals surface area contributed by atoms with Crippen molar-refractivity contribution in [1.82, 2.24) is 0 Å². The Bertz CT molecular complexity index is 160. The molecule has 1 aliphatic rings. The number of aliphatic hydroxyl groups excluding tert-OH is 1. The van der Waals surface area contributed by atoms with E-state index in [9.17, 15) is 5.11 Å². The maximum atomic E-state index is 10.1. The van der Waals surface area contributed by atoms with Crippen LogP contribution in [0.15, 0.2) is 0 Å². The summed E-state index contributed by atoms with van der Waals surface area (Å²) in [5.41, 5.74) is 5.71. The second-order valence-electron chi connectivity index (χ2n) is 3.98. The standard InChI is InChI=1S/C10H21NO2S/c1-14-7-2-9(12)10(8-11)3-5-13-6-4-10/h9,12H,2-8,11H2,1H3. The van der Waals surface area contributed by atoms with Crippen molar-refractivity contribution >= 4 is 11.8 Å². The van der Waals surface area contributed by atoms with Gasteiger partial charge in [0.1, 0.15) is 0 Å². The molecule has 0 amide bonds. The first-order chi connectivity index (χ1) is 6.75. The average molecular weight is 219 g/mol. The minimum absolute atomic E-state index is 0.0754. The molecule has 0 bridgehead atoms. The molecule has 0 aliphatic carbocycles. The molecule has 14 heavy (non-hydrogen) atoms. The summed E-state index contributed by atoms with van der Waals surface area (Å²) in [6, 6.07) is 0. The maximum absolute atomic E-state index is 10.1. The number of rotatable bonds is 5. The monoisotopic (exact) mass is 219 g/mol. The van der Waals surface area contributed by atoms with Gasteiger partial charge in [0.25, 0.3) is 0 Å². The average Bonchev–Trinajstić information content (AvgIpc) is 2.26. The molecule has 1 fully saturated rings. The van der Waals surface area contributed by atoms with Gasteiger partial charge < -0.3 is 15.6 Å². The number of hydrogen-bond acceptors (Lipinski definition) is 4. The van der Waals surface area contributed by atoms with Crippen molar-refractivity contribution in [2.45, 2.75) is 25.4 Å². The Balaban J connectivity index is 2.48. The molecule has 0 aromatic rings. The van der Waals surface area contributed by atoms with E-state index in [1.54, 1.807) is 11.8 Å². The van der Waals surface area contributed by atoms with Crippen LogP contribution in [0, 0.1) is 5.41 Å². The molecule has 3 nitrogen and oxygen atoms in total. The summed E-state index contributed by atoms with van der Waals surface area (Å²) in [6.07, 6.45) is 4.45. The van der Waals surface area contributed by atoms with E-state index < -0.39 is 0 Å². The molecular formula is C10H21NO2S. The summed E-state index contributed by atoms with van der Waals surface area (Å²) in [6.45, 7) is 2.06. The Morgan fingerprint density at radius 2 is 2.14 bits per heavy atom. The molecule has 1 atom stereocenters. The van der Waals surface area contributed by atoms with Gasteiger partial charge in [0.05, 0.1) is 6.10 Å². The molecule has 1 unspecified atom stereocenters. The van der Waals surface area contributed by atoms with E-state index >= 15 is 0 Å². The van der Waals surface area contributed by atoms with Crippen LogP contribution >= 0.6 is 11.8 Å². The topological polar surface area (TPSA) is 55.5 Å².